The van der Waals surface area contributed by atoms with E-state index in [1.54, 1.807) is 24.3 Å². The molecular weight excluding hydrogens is 332 g/mol. The van der Waals surface area contributed by atoms with E-state index in [2.05, 4.69) is 16.5 Å². The van der Waals surface area contributed by atoms with Crippen LogP contribution in [-0.4, -0.2) is 38.0 Å². The molecule has 5 heteroatoms. The van der Waals surface area contributed by atoms with Gasteiger partial charge in [0.05, 0.1) is 9.79 Å². The molecule has 0 spiro atoms. The predicted octanol–water partition coefficient (Wildman–Crippen LogP) is 3.74. The highest BCUT2D eigenvalue weighted by Gasteiger charge is 2.26. The van der Waals surface area contributed by atoms with Crippen LogP contribution in [0, 0.1) is 0 Å². The van der Waals surface area contributed by atoms with Crippen LogP contribution >= 0.6 is 0 Å². The molecule has 4 nitrogen and oxygen atoms in total. The van der Waals surface area contributed by atoms with Gasteiger partial charge >= 0.3 is 0 Å². The first kappa shape index (κ1) is 16.4. The molecule has 0 aliphatic carbocycles. The van der Waals surface area contributed by atoms with Crippen molar-refractivity contribution in [2.24, 2.45) is 0 Å². The standard InChI is InChI=1S/C20H22N2O2S/c1-21-13-11-16(12-14-21)22-15-20(18-9-5-6-10-19(18)22)25(23,24)17-7-3-2-4-8-17/h2-10,15-16H,11-14H2,1H3. The summed E-state index contributed by atoms with van der Waals surface area (Å²) in [4.78, 5) is 3.08. The van der Waals surface area contributed by atoms with E-state index in [9.17, 15) is 8.42 Å². The summed E-state index contributed by atoms with van der Waals surface area (Å²) in [6.45, 7) is 2.08. The number of hydrogen-bond donors (Lipinski definition) is 0. The van der Waals surface area contributed by atoms with Crippen molar-refractivity contribution in [1.29, 1.82) is 0 Å². The zero-order chi connectivity index (χ0) is 17.4. The van der Waals surface area contributed by atoms with Gasteiger partial charge in [-0.2, -0.15) is 0 Å². The molecule has 130 valence electrons. The molecule has 3 aromatic rings. The van der Waals surface area contributed by atoms with Crippen LogP contribution in [0.3, 0.4) is 0 Å². The highest BCUT2D eigenvalue weighted by atomic mass is 32.2. The van der Waals surface area contributed by atoms with Gasteiger partial charge in [0.25, 0.3) is 0 Å². The Hall–Kier alpha value is -2.11. The molecule has 2 heterocycles. The van der Waals surface area contributed by atoms with Crippen LogP contribution in [0.4, 0.5) is 0 Å². The zero-order valence-corrected chi connectivity index (χ0v) is 15.1. The van der Waals surface area contributed by atoms with E-state index in [0.717, 1.165) is 36.8 Å². The Morgan fingerprint density at radius 1 is 0.920 bits per heavy atom. The summed E-state index contributed by atoms with van der Waals surface area (Å²) in [5.41, 5.74) is 1.01. The first-order valence-corrected chi connectivity index (χ1v) is 10.1. The molecule has 0 bridgehead atoms. The van der Waals surface area contributed by atoms with Crippen LogP contribution in [0.2, 0.25) is 0 Å². The highest BCUT2D eigenvalue weighted by molar-refractivity contribution is 7.91. The molecule has 0 radical (unpaired) electrons. The average Bonchev–Trinajstić information content (AvgIpc) is 3.04. The fraction of sp³-hybridized carbons (Fsp3) is 0.300. The van der Waals surface area contributed by atoms with Crippen molar-refractivity contribution in [1.82, 2.24) is 9.47 Å². The van der Waals surface area contributed by atoms with E-state index >= 15 is 0 Å². The molecule has 1 fully saturated rings. The molecule has 4 rings (SSSR count). The van der Waals surface area contributed by atoms with E-state index < -0.39 is 9.84 Å². The number of fused-ring (bicyclic) bond motifs is 1. The Morgan fingerprint density at radius 2 is 1.56 bits per heavy atom. The van der Waals surface area contributed by atoms with E-state index in [4.69, 9.17) is 0 Å². The molecule has 0 atom stereocenters. The number of nitrogens with zero attached hydrogens (tertiary/aromatic N) is 2. The minimum absolute atomic E-state index is 0.348. The third kappa shape index (κ3) is 2.87. The maximum Gasteiger partial charge on any atom is 0.208 e. The molecule has 25 heavy (non-hydrogen) atoms. The van der Waals surface area contributed by atoms with Crippen molar-refractivity contribution >= 4 is 20.7 Å². The van der Waals surface area contributed by atoms with Gasteiger partial charge in [0.15, 0.2) is 0 Å². The van der Waals surface area contributed by atoms with Gasteiger partial charge in [-0.05, 0) is 51.2 Å². The predicted molar refractivity (Wildman–Crippen MR) is 99.6 cm³/mol. The van der Waals surface area contributed by atoms with Gasteiger partial charge < -0.3 is 9.47 Å². The van der Waals surface area contributed by atoms with Crippen molar-refractivity contribution in [3.63, 3.8) is 0 Å². The van der Waals surface area contributed by atoms with Gasteiger partial charge in [-0.1, -0.05) is 36.4 Å². The lowest BCUT2D eigenvalue weighted by Crippen LogP contribution is -2.31. The van der Waals surface area contributed by atoms with Crippen LogP contribution < -0.4 is 0 Å². The monoisotopic (exact) mass is 354 g/mol. The van der Waals surface area contributed by atoms with E-state index in [1.807, 2.05) is 36.5 Å². The van der Waals surface area contributed by atoms with Crippen molar-refractivity contribution in [2.75, 3.05) is 20.1 Å². The number of aromatic nitrogens is 1. The zero-order valence-electron chi connectivity index (χ0n) is 14.3. The summed E-state index contributed by atoms with van der Waals surface area (Å²) in [6.07, 6.45) is 3.93. The number of rotatable bonds is 3. The molecular formula is C20H22N2O2S. The smallest absolute Gasteiger partial charge is 0.208 e. The lowest BCUT2D eigenvalue weighted by atomic mass is 10.1. The van der Waals surface area contributed by atoms with Crippen LogP contribution in [0.1, 0.15) is 18.9 Å². The first-order valence-electron chi connectivity index (χ1n) is 8.65. The second-order valence-corrected chi connectivity index (χ2v) is 8.69. The van der Waals surface area contributed by atoms with Crippen molar-refractivity contribution in [2.45, 2.75) is 28.7 Å². The Balaban J connectivity index is 1.86. The normalized spacial score (nSPS) is 17.2. The third-order valence-electron chi connectivity index (χ3n) is 5.13. The molecule has 0 saturated carbocycles. The van der Waals surface area contributed by atoms with Gasteiger partial charge in [0.1, 0.15) is 0 Å². The molecule has 0 N–H and O–H groups in total. The fourth-order valence-electron chi connectivity index (χ4n) is 3.69. The molecule has 1 aliphatic heterocycles. The maximum absolute atomic E-state index is 13.2. The summed E-state index contributed by atoms with van der Waals surface area (Å²) in [7, 11) is -1.39. The van der Waals surface area contributed by atoms with Gasteiger partial charge in [0.2, 0.25) is 9.84 Å². The summed E-state index contributed by atoms with van der Waals surface area (Å²) >= 11 is 0. The number of hydrogen-bond acceptors (Lipinski definition) is 3. The van der Waals surface area contributed by atoms with E-state index in [0.29, 0.717) is 15.8 Å². The lowest BCUT2D eigenvalue weighted by Gasteiger charge is -2.30. The van der Waals surface area contributed by atoms with Gasteiger partial charge in [-0.25, -0.2) is 8.42 Å². The van der Waals surface area contributed by atoms with Crippen molar-refractivity contribution < 1.29 is 8.42 Å². The minimum atomic E-state index is -3.53. The lowest BCUT2D eigenvalue weighted by molar-refractivity contribution is 0.224. The Labute approximate surface area is 148 Å². The van der Waals surface area contributed by atoms with Crippen LogP contribution in [0.5, 0.6) is 0 Å². The second kappa shape index (κ2) is 6.32. The number of benzene rings is 2. The van der Waals surface area contributed by atoms with Gasteiger partial charge in [-0.3, -0.25) is 0 Å². The highest BCUT2D eigenvalue weighted by Crippen LogP contribution is 2.34. The topological polar surface area (TPSA) is 42.3 Å². The molecule has 0 amide bonds. The molecule has 1 aliphatic rings. The molecule has 1 saturated heterocycles. The summed E-state index contributed by atoms with van der Waals surface area (Å²) < 4.78 is 28.5. The number of para-hydroxylation sites is 1. The summed E-state index contributed by atoms with van der Waals surface area (Å²) in [5.74, 6) is 0. The fourth-order valence-corrected chi connectivity index (χ4v) is 5.17. The largest absolute Gasteiger partial charge is 0.343 e. The molecule has 1 aromatic heterocycles. The van der Waals surface area contributed by atoms with E-state index in [1.165, 1.54) is 0 Å². The van der Waals surface area contributed by atoms with Crippen molar-refractivity contribution in [3.05, 3.63) is 60.8 Å². The Morgan fingerprint density at radius 3 is 2.28 bits per heavy atom. The Kier molecular flexibility index (Phi) is 4.13. The molecule has 0 unspecified atom stereocenters. The SMILES string of the molecule is CN1CCC(n2cc(S(=O)(=O)c3ccccc3)c3ccccc32)CC1. The maximum atomic E-state index is 13.2. The summed E-state index contributed by atoms with van der Waals surface area (Å²) in [5, 5.41) is 0.810. The Bertz CT molecular complexity index is 985. The quantitative estimate of drug-likeness (QED) is 0.719. The molecule has 2 aromatic carbocycles. The van der Waals surface area contributed by atoms with Gasteiger partial charge in [-0.15, -0.1) is 0 Å². The number of piperidine rings is 1. The minimum Gasteiger partial charge on any atom is -0.343 e. The van der Waals surface area contributed by atoms with E-state index in [-0.39, 0.29) is 0 Å². The number of likely N-dealkylation sites (tertiary alicyclic amines) is 1. The van der Waals surface area contributed by atoms with Gasteiger partial charge in [0, 0.05) is 23.1 Å². The number of sulfone groups is 1. The first-order chi connectivity index (χ1) is 12.1. The van der Waals surface area contributed by atoms with Crippen LogP contribution in [0.15, 0.2) is 70.6 Å². The second-order valence-electron chi connectivity index (χ2n) is 6.77. The van der Waals surface area contributed by atoms with Crippen LogP contribution in [0.25, 0.3) is 10.9 Å². The average molecular weight is 354 g/mol. The van der Waals surface area contributed by atoms with Crippen molar-refractivity contribution in [3.8, 4) is 0 Å². The third-order valence-corrected chi connectivity index (χ3v) is 6.93. The summed E-state index contributed by atoms with van der Waals surface area (Å²) in [6, 6.07) is 16.9. The van der Waals surface area contributed by atoms with Crippen LogP contribution in [-0.2, 0) is 9.84 Å².